The lowest BCUT2D eigenvalue weighted by atomic mass is 10.1. The number of aromatic nitrogens is 1. The first-order valence-electron chi connectivity index (χ1n) is 8.06. The van der Waals surface area contributed by atoms with Crippen LogP contribution in [0.5, 0.6) is 0 Å². The van der Waals surface area contributed by atoms with Gasteiger partial charge in [0, 0.05) is 24.9 Å². The number of nitrogens with zero attached hydrogens (tertiary/aromatic N) is 2. The van der Waals surface area contributed by atoms with E-state index in [1.165, 1.54) is 12.0 Å². The lowest BCUT2D eigenvalue weighted by Gasteiger charge is -2.26. The summed E-state index contributed by atoms with van der Waals surface area (Å²) in [5.74, 6) is 0.236. The number of carbonyl (C=O) groups excluding carboxylic acids is 1. The van der Waals surface area contributed by atoms with Crippen LogP contribution in [-0.2, 0) is 24.1 Å². The van der Waals surface area contributed by atoms with Gasteiger partial charge in [0.15, 0.2) is 0 Å². The molecule has 2 heterocycles. The van der Waals surface area contributed by atoms with E-state index in [9.17, 15) is 4.79 Å². The molecular weight excluding hydrogens is 292 g/mol. The average molecular weight is 314 g/mol. The second-order valence-electron chi connectivity index (χ2n) is 5.84. The number of thiazole rings is 1. The highest BCUT2D eigenvalue weighted by atomic mass is 32.1. The Balaban J connectivity index is 1.51. The molecule has 0 radical (unpaired) electrons. The lowest BCUT2D eigenvalue weighted by molar-refractivity contribution is -0.131. The molecule has 22 heavy (non-hydrogen) atoms. The molecule has 0 atom stereocenters. The van der Waals surface area contributed by atoms with Crippen LogP contribution in [0.4, 0.5) is 0 Å². The van der Waals surface area contributed by atoms with Gasteiger partial charge in [-0.3, -0.25) is 4.79 Å². The van der Waals surface area contributed by atoms with E-state index < -0.39 is 0 Å². The van der Waals surface area contributed by atoms with Gasteiger partial charge in [-0.1, -0.05) is 30.3 Å². The molecule has 3 rings (SSSR count). The van der Waals surface area contributed by atoms with Crippen LogP contribution in [-0.4, -0.2) is 28.9 Å². The number of likely N-dealkylation sites (tertiary alicyclic amines) is 1. The van der Waals surface area contributed by atoms with Crippen molar-refractivity contribution in [2.75, 3.05) is 13.1 Å². The molecule has 1 aliphatic heterocycles. The third-order valence-electron chi connectivity index (χ3n) is 4.11. The van der Waals surface area contributed by atoms with Gasteiger partial charge in [0.25, 0.3) is 0 Å². The van der Waals surface area contributed by atoms with Gasteiger partial charge < -0.3 is 4.90 Å². The highest BCUT2D eigenvalue weighted by Gasteiger charge is 2.17. The fourth-order valence-corrected chi connectivity index (χ4v) is 3.65. The Labute approximate surface area is 136 Å². The predicted octanol–water partition coefficient (Wildman–Crippen LogP) is 3.48. The summed E-state index contributed by atoms with van der Waals surface area (Å²) >= 11 is 1.68. The van der Waals surface area contributed by atoms with Crippen molar-refractivity contribution in [3.8, 4) is 0 Å². The summed E-state index contributed by atoms with van der Waals surface area (Å²) in [6.45, 7) is 1.84. The van der Waals surface area contributed by atoms with Gasteiger partial charge >= 0.3 is 0 Å². The smallest absolute Gasteiger partial charge is 0.228 e. The standard InChI is InChI=1S/C18H22N2OS/c21-18(20-11-5-2-6-12-20)13-16-14-22-17(19-16)10-9-15-7-3-1-4-8-15/h1,3-4,7-8,14H,2,5-6,9-13H2. The summed E-state index contributed by atoms with van der Waals surface area (Å²) in [6, 6.07) is 10.5. The summed E-state index contributed by atoms with van der Waals surface area (Å²) in [6.07, 6.45) is 5.96. The molecule has 4 heteroatoms. The van der Waals surface area contributed by atoms with Crippen molar-refractivity contribution in [1.29, 1.82) is 0 Å². The zero-order valence-corrected chi connectivity index (χ0v) is 13.6. The zero-order valence-electron chi connectivity index (χ0n) is 12.8. The fourth-order valence-electron chi connectivity index (χ4n) is 2.85. The van der Waals surface area contributed by atoms with E-state index in [1.54, 1.807) is 11.3 Å². The normalized spacial score (nSPS) is 15.0. The number of benzene rings is 1. The van der Waals surface area contributed by atoms with Crippen molar-refractivity contribution >= 4 is 17.2 Å². The van der Waals surface area contributed by atoms with Crippen LogP contribution in [0.25, 0.3) is 0 Å². The summed E-state index contributed by atoms with van der Waals surface area (Å²) in [5.41, 5.74) is 2.27. The highest BCUT2D eigenvalue weighted by Crippen LogP contribution is 2.16. The maximum absolute atomic E-state index is 12.2. The van der Waals surface area contributed by atoms with Crippen LogP contribution < -0.4 is 0 Å². The van der Waals surface area contributed by atoms with E-state index in [1.807, 2.05) is 16.3 Å². The predicted molar refractivity (Wildman–Crippen MR) is 90.1 cm³/mol. The quantitative estimate of drug-likeness (QED) is 0.846. The van der Waals surface area contributed by atoms with Crippen LogP contribution in [0.2, 0.25) is 0 Å². The van der Waals surface area contributed by atoms with Crippen molar-refractivity contribution in [3.63, 3.8) is 0 Å². The summed E-state index contributed by atoms with van der Waals surface area (Å²) in [7, 11) is 0. The first kappa shape index (κ1) is 15.2. The number of carbonyl (C=O) groups is 1. The molecule has 3 nitrogen and oxygen atoms in total. The monoisotopic (exact) mass is 314 g/mol. The van der Waals surface area contributed by atoms with Gasteiger partial charge in [0.1, 0.15) is 0 Å². The molecule has 1 saturated heterocycles. The molecule has 1 aromatic heterocycles. The Morgan fingerprint density at radius 2 is 1.86 bits per heavy atom. The van der Waals surface area contributed by atoms with E-state index in [0.29, 0.717) is 6.42 Å². The fraction of sp³-hybridized carbons (Fsp3) is 0.444. The molecule has 0 aliphatic carbocycles. The second kappa shape index (κ2) is 7.54. The summed E-state index contributed by atoms with van der Waals surface area (Å²) in [4.78, 5) is 18.9. The average Bonchev–Trinajstić information content (AvgIpc) is 3.02. The van der Waals surface area contributed by atoms with Gasteiger partial charge in [-0.15, -0.1) is 11.3 Å². The van der Waals surface area contributed by atoms with Gasteiger partial charge in [0.05, 0.1) is 17.1 Å². The van der Waals surface area contributed by atoms with Crippen molar-refractivity contribution in [1.82, 2.24) is 9.88 Å². The van der Waals surface area contributed by atoms with E-state index in [0.717, 1.165) is 49.5 Å². The van der Waals surface area contributed by atoms with Crippen molar-refractivity contribution in [2.24, 2.45) is 0 Å². The molecule has 0 unspecified atom stereocenters. The maximum Gasteiger partial charge on any atom is 0.228 e. The van der Waals surface area contributed by atoms with E-state index in [2.05, 4.69) is 29.2 Å². The SMILES string of the molecule is O=C(Cc1csc(CCc2ccccc2)n1)N1CCCCC1. The van der Waals surface area contributed by atoms with Crippen LogP contribution >= 0.6 is 11.3 Å². The minimum atomic E-state index is 0.236. The first-order chi connectivity index (χ1) is 10.8. The molecule has 1 aromatic carbocycles. The Hall–Kier alpha value is -1.68. The third kappa shape index (κ3) is 4.17. The van der Waals surface area contributed by atoms with Crippen molar-refractivity contribution < 1.29 is 4.79 Å². The van der Waals surface area contributed by atoms with Crippen LogP contribution in [0.15, 0.2) is 35.7 Å². The van der Waals surface area contributed by atoms with E-state index >= 15 is 0 Å². The van der Waals surface area contributed by atoms with Crippen molar-refractivity contribution in [3.05, 3.63) is 52.0 Å². The molecular formula is C18H22N2OS. The van der Waals surface area contributed by atoms with E-state index in [-0.39, 0.29) is 5.91 Å². The Bertz CT molecular complexity index is 603. The zero-order chi connectivity index (χ0) is 15.2. The number of aryl methyl sites for hydroxylation is 2. The number of hydrogen-bond donors (Lipinski definition) is 0. The van der Waals surface area contributed by atoms with Crippen LogP contribution in [0.3, 0.4) is 0 Å². The molecule has 1 fully saturated rings. The topological polar surface area (TPSA) is 33.2 Å². The Morgan fingerprint density at radius 1 is 1.09 bits per heavy atom. The summed E-state index contributed by atoms with van der Waals surface area (Å²) < 4.78 is 0. The molecule has 0 bridgehead atoms. The minimum Gasteiger partial charge on any atom is -0.342 e. The van der Waals surface area contributed by atoms with Gasteiger partial charge in [-0.05, 0) is 31.2 Å². The molecule has 0 saturated carbocycles. The number of rotatable bonds is 5. The molecule has 0 N–H and O–H groups in total. The van der Waals surface area contributed by atoms with Gasteiger partial charge in [-0.25, -0.2) is 4.98 Å². The maximum atomic E-state index is 12.2. The second-order valence-corrected chi connectivity index (χ2v) is 6.78. The number of piperidine rings is 1. The molecule has 0 spiro atoms. The third-order valence-corrected chi connectivity index (χ3v) is 5.07. The molecule has 1 aliphatic rings. The Morgan fingerprint density at radius 3 is 2.64 bits per heavy atom. The van der Waals surface area contributed by atoms with Gasteiger partial charge in [-0.2, -0.15) is 0 Å². The highest BCUT2D eigenvalue weighted by molar-refractivity contribution is 7.09. The van der Waals surface area contributed by atoms with Crippen LogP contribution in [0.1, 0.15) is 35.5 Å². The molecule has 2 aromatic rings. The number of hydrogen-bond acceptors (Lipinski definition) is 3. The van der Waals surface area contributed by atoms with Crippen molar-refractivity contribution in [2.45, 2.75) is 38.5 Å². The minimum absolute atomic E-state index is 0.236. The van der Waals surface area contributed by atoms with Crippen LogP contribution in [0, 0.1) is 0 Å². The largest absolute Gasteiger partial charge is 0.342 e. The lowest BCUT2D eigenvalue weighted by Crippen LogP contribution is -2.36. The first-order valence-corrected chi connectivity index (χ1v) is 8.94. The number of amides is 1. The van der Waals surface area contributed by atoms with E-state index in [4.69, 9.17) is 0 Å². The Kier molecular flexibility index (Phi) is 5.22. The summed E-state index contributed by atoms with van der Waals surface area (Å²) in [5, 5.41) is 3.17. The molecule has 116 valence electrons. The molecule has 1 amide bonds. The van der Waals surface area contributed by atoms with Gasteiger partial charge in [0.2, 0.25) is 5.91 Å².